The Balaban J connectivity index is 2.33. The number of fused-ring (bicyclic) bond motifs is 1. The van der Waals surface area contributed by atoms with Crippen LogP contribution >= 0.6 is 11.8 Å². The summed E-state index contributed by atoms with van der Waals surface area (Å²) in [6, 6.07) is 17.6. The molecule has 2 aromatic carbocycles. The molecule has 0 fully saturated rings. The highest BCUT2D eigenvalue weighted by Gasteiger charge is 2.10. The highest BCUT2D eigenvalue weighted by atomic mass is 32.2. The molecule has 0 atom stereocenters. The van der Waals surface area contributed by atoms with Crippen molar-refractivity contribution in [1.82, 2.24) is 9.97 Å². The van der Waals surface area contributed by atoms with Crippen LogP contribution in [0.5, 0.6) is 0 Å². The van der Waals surface area contributed by atoms with Gasteiger partial charge >= 0.3 is 0 Å². The number of para-hydroxylation sites is 1. The molecule has 3 aromatic rings. The standard InChI is InChI=1S/C18H16N2OS/c1-2-22-12-16-18(21)20-15-11-7-6-10-14(15)17(19-16)13-8-4-3-5-9-13/h3-11H,2,12H2,1H3. The second-order valence-electron chi connectivity index (χ2n) is 4.84. The lowest BCUT2D eigenvalue weighted by atomic mass is 10.1. The predicted molar refractivity (Wildman–Crippen MR) is 93.1 cm³/mol. The Labute approximate surface area is 133 Å². The van der Waals surface area contributed by atoms with Gasteiger partial charge in [0.25, 0.3) is 5.56 Å². The van der Waals surface area contributed by atoms with Gasteiger partial charge in [0.2, 0.25) is 0 Å². The SMILES string of the molecule is CCSCc1nc(-c2ccccc2)c2ccccc2nc1=O. The Morgan fingerprint density at radius 1 is 0.955 bits per heavy atom. The molecule has 22 heavy (non-hydrogen) atoms. The quantitative estimate of drug-likeness (QED) is 0.733. The normalized spacial score (nSPS) is 10.8. The first-order chi connectivity index (χ1) is 10.8. The minimum Gasteiger partial charge on any atom is -0.265 e. The van der Waals surface area contributed by atoms with Crippen molar-refractivity contribution in [2.24, 2.45) is 0 Å². The Bertz CT molecular complexity index is 850. The second kappa shape index (κ2) is 6.71. The summed E-state index contributed by atoms with van der Waals surface area (Å²) in [7, 11) is 0. The second-order valence-corrected chi connectivity index (χ2v) is 6.12. The lowest BCUT2D eigenvalue weighted by Crippen LogP contribution is -2.10. The number of hydrogen-bond donors (Lipinski definition) is 0. The predicted octanol–water partition coefficient (Wildman–Crippen LogP) is 3.91. The third kappa shape index (κ3) is 3.02. The van der Waals surface area contributed by atoms with E-state index < -0.39 is 0 Å². The van der Waals surface area contributed by atoms with Crippen molar-refractivity contribution in [2.75, 3.05) is 5.75 Å². The molecule has 0 saturated carbocycles. The first kappa shape index (κ1) is 14.7. The zero-order valence-electron chi connectivity index (χ0n) is 12.3. The highest BCUT2D eigenvalue weighted by molar-refractivity contribution is 7.98. The molecular weight excluding hydrogens is 292 g/mol. The first-order valence-corrected chi connectivity index (χ1v) is 8.38. The molecule has 110 valence electrons. The largest absolute Gasteiger partial charge is 0.292 e. The summed E-state index contributed by atoms with van der Waals surface area (Å²) >= 11 is 1.68. The van der Waals surface area contributed by atoms with E-state index in [4.69, 9.17) is 0 Å². The molecule has 3 rings (SSSR count). The summed E-state index contributed by atoms with van der Waals surface area (Å²) in [4.78, 5) is 21.3. The molecule has 3 nitrogen and oxygen atoms in total. The average molecular weight is 308 g/mol. The van der Waals surface area contributed by atoms with Crippen LogP contribution in [0.2, 0.25) is 0 Å². The molecule has 0 saturated heterocycles. The molecule has 0 unspecified atom stereocenters. The van der Waals surface area contributed by atoms with E-state index in [0.29, 0.717) is 17.0 Å². The molecule has 0 aliphatic heterocycles. The van der Waals surface area contributed by atoms with Crippen molar-refractivity contribution in [3.63, 3.8) is 0 Å². The van der Waals surface area contributed by atoms with Crippen LogP contribution in [0.25, 0.3) is 22.2 Å². The van der Waals surface area contributed by atoms with E-state index in [1.807, 2.05) is 54.6 Å². The zero-order valence-corrected chi connectivity index (χ0v) is 13.1. The van der Waals surface area contributed by atoms with Gasteiger partial charge in [-0.15, -0.1) is 0 Å². The molecule has 1 aromatic heterocycles. The number of thioether (sulfide) groups is 1. The van der Waals surface area contributed by atoms with E-state index in [-0.39, 0.29) is 5.56 Å². The van der Waals surface area contributed by atoms with Crippen molar-refractivity contribution in [3.8, 4) is 11.3 Å². The molecular formula is C18H16N2OS. The third-order valence-corrected chi connectivity index (χ3v) is 4.25. The van der Waals surface area contributed by atoms with Crippen LogP contribution in [0.4, 0.5) is 0 Å². The first-order valence-electron chi connectivity index (χ1n) is 7.22. The van der Waals surface area contributed by atoms with E-state index >= 15 is 0 Å². The fourth-order valence-corrected chi connectivity index (χ4v) is 2.88. The van der Waals surface area contributed by atoms with Crippen LogP contribution in [0, 0.1) is 0 Å². The molecule has 0 radical (unpaired) electrons. The Kier molecular flexibility index (Phi) is 4.49. The monoisotopic (exact) mass is 308 g/mol. The summed E-state index contributed by atoms with van der Waals surface area (Å²) < 4.78 is 0. The highest BCUT2D eigenvalue weighted by Crippen LogP contribution is 2.24. The fourth-order valence-electron chi connectivity index (χ4n) is 2.30. The van der Waals surface area contributed by atoms with Gasteiger partial charge in [0.05, 0.1) is 11.2 Å². The smallest absolute Gasteiger partial charge is 0.265 e. The van der Waals surface area contributed by atoms with Crippen LogP contribution in [-0.2, 0) is 5.75 Å². The van der Waals surface area contributed by atoms with Crippen LogP contribution < -0.4 is 5.56 Å². The van der Waals surface area contributed by atoms with E-state index in [9.17, 15) is 4.79 Å². The Hall–Kier alpha value is -2.20. The number of nitrogens with zero attached hydrogens (tertiary/aromatic N) is 2. The maximum atomic E-state index is 12.3. The molecule has 0 bridgehead atoms. The molecule has 0 aliphatic rings. The van der Waals surface area contributed by atoms with E-state index in [1.165, 1.54) is 0 Å². The zero-order chi connectivity index (χ0) is 15.4. The van der Waals surface area contributed by atoms with Gasteiger partial charge in [0.1, 0.15) is 5.69 Å². The summed E-state index contributed by atoms with van der Waals surface area (Å²) in [6.45, 7) is 2.07. The molecule has 0 amide bonds. The van der Waals surface area contributed by atoms with Crippen LogP contribution in [-0.4, -0.2) is 15.7 Å². The van der Waals surface area contributed by atoms with Crippen molar-refractivity contribution < 1.29 is 0 Å². The van der Waals surface area contributed by atoms with Gasteiger partial charge in [0.15, 0.2) is 0 Å². The summed E-state index contributed by atoms with van der Waals surface area (Å²) in [6.07, 6.45) is 0. The van der Waals surface area contributed by atoms with Gasteiger partial charge in [-0.1, -0.05) is 55.5 Å². The lowest BCUT2D eigenvalue weighted by molar-refractivity contribution is 1.12. The van der Waals surface area contributed by atoms with Crippen LogP contribution in [0.1, 0.15) is 12.6 Å². The Morgan fingerprint density at radius 3 is 2.45 bits per heavy atom. The van der Waals surface area contributed by atoms with Crippen LogP contribution in [0.3, 0.4) is 0 Å². The minimum atomic E-state index is -0.237. The molecule has 1 heterocycles. The number of hydrogen-bond acceptors (Lipinski definition) is 4. The fraction of sp³-hybridized carbons (Fsp3) is 0.167. The number of benzene rings is 2. The third-order valence-electron chi connectivity index (χ3n) is 3.36. The van der Waals surface area contributed by atoms with Gasteiger partial charge in [-0.2, -0.15) is 11.8 Å². The molecule has 0 spiro atoms. The van der Waals surface area contributed by atoms with Gasteiger partial charge in [0, 0.05) is 16.7 Å². The maximum Gasteiger partial charge on any atom is 0.292 e. The van der Waals surface area contributed by atoms with Crippen molar-refractivity contribution in [3.05, 3.63) is 70.6 Å². The molecule has 4 heteroatoms. The lowest BCUT2D eigenvalue weighted by Gasteiger charge is -2.02. The van der Waals surface area contributed by atoms with E-state index in [0.717, 1.165) is 22.4 Å². The van der Waals surface area contributed by atoms with Gasteiger partial charge < -0.3 is 0 Å². The number of rotatable bonds is 4. The number of aromatic nitrogens is 2. The van der Waals surface area contributed by atoms with Crippen molar-refractivity contribution >= 4 is 22.7 Å². The summed E-state index contributed by atoms with van der Waals surface area (Å²) in [5.74, 6) is 1.53. The maximum absolute atomic E-state index is 12.3. The average Bonchev–Trinajstić information content (AvgIpc) is 2.70. The van der Waals surface area contributed by atoms with E-state index in [1.54, 1.807) is 11.8 Å². The summed E-state index contributed by atoms with van der Waals surface area (Å²) in [5, 5.41) is 0.901. The Morgan fingerprint density at radius 2 is 1.68 bits per heavy atom. The van der Waals surface area contributed by atoms with Gasteiger partial charge in [-0.05, 0) is 11.8 Å². The van der Waals surface area contributed by atoms with E-state index in [2.05, 4.69) is 16.9 Å². The van der Waals surface area contributed by atoms with Gasteiger partial charge in [-0.25, -0.2) is 9.97 Å². The van der Waals surface area contributed by atoms with Crippen molar-refractivity contribution in [2.45, 2.75) is 12.7 Å². The summed E-state index contributed by atoms with van der Waals surface area (Å²) in [5.41, 5.74) is 2.78. The molecule has 0 aliphatic carbocycles. The molecule has 0 N–H and O–H groups in total. The topological polar surface area (TPSA) is 42.9 Å². The van der Waals surface area contributed by atoms with Crippen LogP contribution in [0.15, 0.2) is 59.4 Å². The van der Waals surface area contributed by atoms with Crippen molar-refractivity contribution in [1.29, 1.82) is 0 Å². The minimum absolute atomic E-state index is 0.237. The van der Waals surface area contributed by atoms with Gasteiger partial charge in [-0.3, -0.25) is 4.79 Å².